The Bertz CT molecular complexity index is 1000. The number of nitrogens with zero attached hydrogens (tertiary/aromatic N) is 2. The first-order chi connectivity index (χ1) is 16.5. The van der Waals surface area contributed by atoms with Crippen LogP contribution in [0.3, 0.4) is 0 Å². The Morgan fingerprint density at radius 3 is 2.53 bits per heavy atom. The first kappa shape index (κ1) is 24.7. The minimum Gasteiger partial charge on any atom is -0.333 e. The highest BCUT2D eigenvalue weighted by molar-refractivity contribution is 7.10. The molecular formula is C27H35N3O3S. The standard InChI is InChI=1S/C27H35N3O3S/c1-18(28-2)24(31)16-21(19-10-5-3-6-11-19)27(33)30-15-9-14-23(30)26-29-22(17-34-26)25(32)20-12-7-4-8-13-20/h4,7-8,12-13,17-19,21,23,28H,3,5-6,9-11,14-16H2,1-2H3/t18-,21-,23-/m0/s1. The summed E-state index contributed by atoms with van der Waals surface area (Å²) < 4.78 is 0. The summed E-state index contributed by atoms with van der Waals surface area (Å²) in [5.74, 6) is 0.103. The number of carbonyl (C=O) groups is 3. The maximum absolute atomic E-state index is 13.9. The largest absolute Gasteiger partial charge is 0.333 e. The monoisotopic (exact) mass is 481 g/mol. The van der Waals surface area contributed by atoms with Crippen LogP contribution in [0, 0.1) is 11.8 Å². The zero-order chi connectivity index (χ0) is 24.1. The average Bonchev–Trinajstić information content (AvgIpc) is 3.57. The number of ketones is 2. The number of hydrogen-bond acceptors (Lipinski definition) is 6. The second kappa shape index (κ2) is 11.4. The zero-order valence-electron chi connectivity index (χ0n) is 20.2. The normalized spacial score (nSPS) is 20.8. The van der Waals surface area contributed by atoms with Crippen molar-refractivity contribution in [2.45, 2.75) is 70.4 Å². The summed E-state index contributed by atoms with van der Waals surface area (Å²) in [7, 11) is 1.79. The fourth-order valence-electron chi connectivity index (χ4n) is 5.33. The van der Waals surface area contributed by atoms with E-state index in [1.54, 1.807) is 19.2 Å². The molecule has 1 aromatic heterocycles. The molecule has 1 aliphatic carbocycles. The molecule has 0 spiro atoms. The van der Waals surface area contributed by atoms with Gasteiger partial charge in [0.05, 0.1) is 12.1 Å². The lowest BCUT2D eigenvalue weighted by molar-refractivity contribution is -0.141. The van der Waals surface area contributed by atoms with Crippen molar-refractivity contribution in [2.24, 2.45) is 11.8 Å². The Labute approximate surface area is 206 Å². The average molecular weight is 482 g/mol. The predicted molar refractivity (Wildman–Crippen MR) is 134 cm³/mol. The summed E-state index contributed by atoms with van der Waals surface area (Å²) in [5, 5.41) is 5.66. The summed E-state index contributed by atoms with van der Waals surface area (Å²) in [4.78, 5) is 46.2. The molecule has 7 heteroatoms. The minimum absolute atomic E-state index is 0.0919. The van der Waals surface area contributed by atoms with Crippen LogP contribution in [0.4, 0.5) is 0 Å². The molecule has 3 atom stereocenters. The van der Waals surface area contributed by atoms with Crippen molar-refractivity contribution < 1.29 is 14.4 Å². The van der Waals surface area contributed by atoms with Gasteiger partial charge in [0, 0.05) is 29.8 Å². The van der Waals surface area contributed by atoms with Gasteiger partial charge in [0.2, 0.25) is 11.7 Å². The first-order valence-corrected chi connectivity index (χ1v) is 13.4. The van der Waals surface area contributed by atoms with E-state index in [4.69, 9.17) is 0 Å². The van der Waals surface area contributed by atoms with E-state index in [-0.39, 0.29) is 41.4 Å². The van der Waals surface area contributed by atoms with Crippen LogP contribution in [-0.4, -0.2) is 47.0 Å². The van der Waals surface area contributed by atoms with Gasteiger partial charge >= 0.3 is 0 Å². The van der Waals surface area contributed by atoms with E-state index >= 15 is 0 Å². The topological polar surface area (TPSA) is 79.4 Å². The van der Waals surface area contributed by atoms with Crippen LogP contribution < -0.4 is 5.32 Å². The third kappa shape index (κ3) is 5.47. The number of benzene rings is 1. The number of carbonyl (C=O) groups excluding carboxylic acids is 3. The predicted octanol–water partition coefficient (Wildman–Crippen LogP) is 4.80. The molecule has 0 bridgehead atoms. The number of nitrogens with one attached hydrogen (secondary N) is 1. The van der Waals surface area contributed by atoms with E-state index in [1.807, 2.05) is 35.4 Å². The third-order valence-corrected chi connectivity index (χ3v) is 8.43. The van der Waals surface area contributed by atoms with E-state index < -0.39 is 0 Å². The summed E-state index contributed by atoms with van der Waals surface area (Å²) in [6.07, 6.45) is 7.56. The molecule has 1 aliphatic heterocycles. The number of hydrogen-bond donors (Lipinski definition) is 1. The van der Waals surface area contributed by atoms with Gasteiger partial charge in [0.15, 0.2) is 0 Å². The lowest BCUT2D eigenvalue weighted by Crippen LogP contribution is -2.42. The Morgan fingerprint density at radius 2 is 1.82 bits per heavy atom. The third-order valence-electron chi connectivity index (χ3n) is 7.48. The molecule has 1 N–H and O–H groups in total. The van der Waals surface area contributed by atoms with Gasteiger partial charge in [-0.15, -0.1) is 11.3 Å². The van der Waals surface area contributed by atoms with Gasteiger partial charge in [0.1, 0.15) is 16.5 Å². The second-order valence-electron chi connectivity index (χ2n) is 9.64. The van der Waals surface area contributed by atoms with Crippen LogP contribution in [0.2, 0.25) is 0 Å². The van der Waals surface area contributed by atoms with E-state index in [0.717, 1.165) is 43.5 Å². The van der Waals surface area contributed by atoms with Gasteiger partial charge in [-0.1, -0.05) is 49.6 Å². The molecule has 0 radical (unpaired) electrons. The number of thiazole rings is 1. The number of aromatic nitrogens is 1. The molecule has 2 fully saturated rings. The van der Waals surface area contributed by atoms with Gasteiger partial charge in [-0.05, 0) is 45.6 Å². The summed E-state index contributed by atoms with van der Waals surface area (Å²) >= 11 is 1.46. The molecule has 2 aromatic rings. The van der Waals surface area contributed by atoms with Crippen molar-refractivity contribution >= 4 is 28.8 Å². The quantitative estimate of drug-likeness (QED) is 0.521. The molecule has 1 saturated carbocycles. The number of Topliss-reactive ketones (excluding diaryl/α,β-unsaturated/α-hetero) is 1. The van der Waals surface area contributed by atoms with Crippen LogP contribution in [0.15, 0.2) is 35.7 Å². The lowest BCUT2D eigenvalue weighted by atomic mass is 9.76. The van der Waals surface area contributed by atoms with Crippen molar-refractivity contribution in [3.05, 3.63) is 52.0 Å². The van der Waals surface area contributed by atoms with E-state index in [2.05, 4.69) is 10.3 Å². The Morgan fingerprint density at radius 1 is 1.09 bits per heavy atom. The van der Waals surface area contributed by atoms with E-state index in [0.29, 0.717) is 24.2 Å². The highest BCUT2D eigenvalue weighted by Gasteiger charge is 2.40. The number of likely N-dealkylation sites (N-methyl/N-ethyl adjacent to an activating group) is 1. The van der Waals surface area contributed by atoms with E-state index in [9.17, 15) is 14.4 Å². The summed E-state index contributed by atoms with van der Waals surface area (Å²) in [5.41, 5.74) is 1.06. The Kier molecular flexibility index (Phi) is 8.27. The molecule has 1 aromatic carbocycles. The Hall–Kier alpha value is -2.38. The molecule has 34 heavy (non-hydrogen) atoms. The zero-order valence-corrected chi connectivity index (χ0v) is 21.0. The molecule has 4 rings (SSSR count). The molecule has 1 amide bonds. The van der Waals surface area contributed by atoms with Crippen molar-refractivity contribution in [1.82, 2.24) is 15.2 Å². The molecule has 2 aliphatic rings. The molecule has 0 unspecified atom stereocenters. The molecular weight excluding hydrogens is 446 g/mol. The fraction of sp³-hybridized carbons (Fsp3) is 0.556. The molecule has 6 nitrogen and oxygen atoms in total. The minimum atomic E-state index is -0.269. The fourth-order valence-corrected chi connectivity index (χ4v) is 6.27. The van der Waals surface area contributed by atoms with E-state index in [1.165, 1.54) is 17.8 Å². The van der Waals surface area contributed by atoms with Gasteiger partial charge in [-0.25, -0.2) is 4.98 Å². The summed E-state index contributed by atoms with van der Waals surface area (Å²) in [6, 6.07) is 8.81. The van der Waals surface area contributed by atoms with Crippen LogP contribution in [0.25, 0.3) is 0 Å². The first-order valence-electron chi connectivity index (χ1n) is 12.5. The highest BCUT2D eigenvalue weighted by atomic mass is 32.1. The van der Waals surface area contributed by atoms with Crippen LogP contribution in [0.5, 0.6) is 0 Å². The van der Waals surface area contributed by atoms with Crippen molar-refractivity contribution in [1.29, 1.82) is 0 Å². The highest BCUT2D eigenvalue weighted by Crippen LogP contribution is 2.39. The SMILES string of the molecule is CN[C@@H](C)C(=O)C[C@H](C(=O)N1CCC[C@H]1c1nc(C(=O)c2ccccc2)cs1)C1CCCCC1. The van der Waals surface area contributed by atoms with Crippen molar-refractivity contribution in [2.75, 3.05) is 13.6 Å². The number of amides is 1. The second-order valence-corrected chi connectivity index (χ2v) is 10.5. The number of likely N-dealkylation sites (tertiary alicyclic amines) is 1. The molecule has 182 valence electrons. The van der Waals surface area contributed by atoms with Crippen molar-refractivity contribution in [3.63, 3.8) is 0 Å². The smallest absolute Gasteiger partial charge is 0.227 e. The van der Waals surface area contributed by atoms with Crippen LogP contribution in [-0.2, 0) is 9.59 Å². The molecule has 2 heterocycles. The number of rotatable bonds is 9. The maximum Gasteiger partial charge on any atom is 0.227 e. The van der Waals surface area contributed by atoms with Gasteiger partial charge in [-0.3, -0.25) is 14.4 Å². The lowest BCUT2D eigenvalue weighted by Gasteiger charge is -2.34. The van der Waals surface area contributed by atoms with Crippen LogP contribution >= 0.6 is 11.3 Å². The maximum atomic E-state index is 13.9. The van der Waals surface area contributed by atoms with Crippen LogP contribution in [0.1, 0.15) is 85.4 Å². The van der Waals surface area contributed by atoms with Gasteiger partial charge in [-0.2, -0.15) is 0 Å². The van der Waals surface area contributed by atoms with Gasteiger partial charge < -0.3 is 10.2 Å². The van der Waals surface area contributed by atoms with Gasteiger partial charge in [0.25, 0.3) is 0 Å². The van der Waals surface area contributed by atoms with Crippen molar-refractivity contribution in [3.8, 4) is 0 Å². The molecule has 1 saturated heterocycles. The Balaban J connectivity index is 1.53. The summed E-state index contributed by atoms with van der Waals surface area (Å²) in [6.45, 7) is 2.55.